The normalized spacial score (nSPS) is 18.7. The SMILES string of the molecule is CC1CN(C(=O)CNC(=O)c2ccccc2Cl)CCO1. The average Bonchev–Trinajstić information content (AvgIpc) is 2.45. The summed E-state index contributed by atoms with van der Waals surface area (Å²) in [5, 5.41) is 2.97. The highest BCUT2D eigenvalue weighted by molar-refractivity contribution is 6.33. The molecule has 6 heteroatoms. The summed E-state index contributed by atoms with van der Waals surface area (Å²) < 4.78 is 5.37. The van der Waals surface area contributed by atoms with Crippen LogP contribution in [0.2, 0.25) is 5.02 Å². The van der Waals surface area contributed by atoms with E-state index < -0.39 is 0 Å². The summed E-state index contributed by atoms with van der Waals surface area (Å²) in [5.74, 6) is -0.453. The summed E-state index contributed by atoms with van der Waals surface area (Å²) in [5.41, 5.74) is 0.373. The lowest BCUT2D eigenvalue weighted by Gasteiger charge is -2.31. The lowest BCUT2D eigenvalue weighted by atomic mass is 10.2. The Morgan fingerprint density at radius 2 is 2.20 bits per heavy atom. The van der Waals surface area contributed by atoms with Crippen LogP contribution in [0.1, 0.15) is 17.3 Å². The van der Waals surface area contributed by atoms with Crippen molar-refractivity contribution in [1.29, 1.82) is 0 Å². The molecule has 0 spiro atoms. The second kappa shape index (κ2) is 6.72. The van der Waals surface area contributed by atoms with Gasteiger partial charge in [0, 0.05) is 13.1 Å². The highest BCUT2D eigenvalue weighted by Gasteiger charge is 2.21. The number of nitrogens with one attached hydrogen (secondary N) is 1. The Hall–Kier alpha value is -1.59. The van der Waals surface area contributed by atoms with Crippen molar-refractivity contribution in [2.24, 2.45) is 0 Å². The zero-order chi connectivity index (χ0) is 14.5. The number of nitrogens with zero attached hydrogens (tertiary/aromatic N) is 1. The van der Waals surface area contributed by atoms with E-state index in [1.807, 2.05) is 6.92 Å². The Morgan fingerprint density at radius 1 is 1.45 bits per heavy atom. The molecule has 108 valence electrons. The third-order valence-corrected chi connectivity index (χ3v) is 3.44. The molecule has 1 heterocycles. The number of carbonyl (C=O) groups excluding carboxylic acids is 2. The third-order valence-electron chi connectivity index (χ3n) is 3.11. The van der Waals surface area contributed by atoms with Crippen molar-refractivity contribution in [3.05, 3.63) is 34.9 Å². The molecule has 0 aliphatic carbocycles. The Bertz CT molecular complexity index is 507. The highest BCUT2D eigenvalue weighted by Crippen LogP contribution is 2.14. The zero-order valence-corrected chi connectivity index (χ0v) is 12.0. The molecule has 1 aromatic rings. The maximum Gasteiger partial charge on any atom is 0.253 e. The third kappa shape index (κ3) is 3.71. The fraction of sp³-hybridized carbons (Fsp3) is 0.429. The molecule has 1 aliphatic heterocycles. The van der Waals surface area contributed by atoms with Crippen LogP contribution in [0.25, 0.3) is 0 Å². The molecule has 0 bridgehead atoms. The Labute approximate surface area is 122 Å². The van der Waals surface area contributed by atoms with Crippen LogP contribution in [0.5, 0.6) is 0 Å². The number of amides is 2. The van der Waals surface area contributed by atoms with Crippen molar-refractivity contribution >= 4 is 23.4 Å². The summed E-state index contributed by atoms with van der Waals surface area (Å²) in [4.78, 5) is 25.6. The van der Waals surface area contributed by atoms with Crippen LogP contribution < -0.4 is 5.32 Å². The maximum atomic E-state index is 12.0. The smallest absolute Gasteiger partial charge is 0.253 e. The first-order valence-corrected chi connectivity index (χ1v) is 6.88. The highest BCUT2D eigenvalue weighted by atomic mass is 35.5. The number of hydrogen-bond donors (Lipinski definition) is 1. The second-order valence-electron chi connectivity index (χ2n) is 4.68. The van der Waals surface area contributed by atoms with E-state index in [1.54, 1.807) is 29.2 Å². The van der Waals surface area contributed by atoms with Crippen LogP contribution >= 0.6 is 11.6 Å². The maximum absolute atomic E-state index is 12.0. The summed E-state index contributed by atoms with van der Waals surface area (Å²) in [6, 6.07) is 6.74. The van der Waals surface area contributed by atoms with Crippen LogP contribution in [-0.2, 0) is 9.53 Å². The molecule has 1 aromatic carbocycles. The van der Waals surface area contributed by atoms with Gasteiger partial charge in [0.25, 0.3) is 5.91 Å². The van der Waals surface area contributed by atoms with E-state index in [0.717, 1.165) is 0 Å². The molecule has 1 N–H and O–H groups in total. The molecule has 1 unspecified atom stereocenters. The molecule has 0 saturated carbocycles. The van der Waals surface area contributed by atoms with Crippen LogP contribution in [0.15, 0.2) is 24.3 Å². The van der Waals surface area contributed by atoms with E-state index in [2.05, 4.69) is 5.32 Å². The molecule has 1 fully saturated rings. The minimum atomic E-state index is -0.342. The molecule has 0 aromatic heterocycles. The van der Waals surface area contributed by atoms with Gasteiger partial charge in [0.05, 0.1) is 29.8 Å². The van der Waals surface area contributed by atoms with Gasteiger partial charge in [-0.25, -0.2) is 0 Å². The van der Waals surface area contributed by atoms with Gasteiger partial charge in [-0.05, 0) is 19.1 Å². The lowest BCUT2D eigenvalue weighted by Crippen LogP contribution is -2.48. The first-order chi connectivity index (χ1) is 9.58. The first-order valence-electron chi connectivity index (χ1n) is 6.50. The van der Waals surface area contributed by atoms with E-state index in [9.17, 15) is 9.59 Å². The molecule has 20 heavy (non-hydrogen) atoms. The molecule has 1 saturated heterocycles. The van der Waals surface area contributed by atoms with Crippen LogP contribution in [0, 0.1) is 0 Å². The van der Waals surface area contributed by atoms with Crippen molar-refractivity contribution in [2.45, 2.75) is 13.0 Å². The summed E-state index contributed by atoms with van der Waals surface area (Å²) in [6.45, 7) is 3.54. The number of ether oxygens (including phenoxy) is 1. The minimum absolute atomic E-state index is 0.0310. The number of carbonyl (C=O) groups is 2. The van der Waals surface area contributed by atoms with Gasteiger partial charge in [-0.1, -0.05) is 23.7 Å². The van der Waals surface area contributed by atoms with E-state index in [4.69, 9.17) is 16.3 Å². The Morgan fingerprint density at radius 3 is 2.90 bits per heavy atom. The average molecular weight is 297 g/mol. The topological polar surface area (TPSA) is 58.6 Å². The number of morpholine rings is 1. The molecule has 0 radical (unpaired) electrons. The van der Waals surface area contributed by atoms with Crippen molar-refractivity contribution in [2.75, 3.05) is 26.2 Å². The van der Waals surface area contributed by atoms with Crippen molar-refractivity contribution in [3.63, 3.8) is 0 Å². The van der Waals surface area contributed by atoms with Gasteiger partial charge < -0.3 is 15.0 Å². The van der Waals surface area contributed by atoms with Crippen LogP contribution in [0.4, 0.5) is 0 Å². The Balaban J connectivity index is 1.87. The lowest BCUT2D eigenvalue weighted by molar-refractivity contribution is -0.137. The zero-order valence-electron chi connectivity index (χ0n) is 11.3. The predicted molar refractivity (Wildman–Crippen MR) is 75.8 cm³/mol. The number of benzene rings is 1. The van der Waals surface area contributed by atoms with Gasteiger partial charge in [-0.3, -0.25) is 9.59 Å². The summed E-state index contributed by atoms with van der Waals surface area (Å²) in [6.07, 6.45) is 0.0342. The van der Waals surface area contributed by atoms with Crippen molar-refractivity contribution in [3.8, 4) is 0 Å². The van der Waals surface area contributed by atoms with Crippen LogP contribution in [0.3, 0.4) is 0 Å². The molecule has 2 amide bonds. The van der Waals surface area contributed by atoms with Gasteiger partial charge in [0.2, 0.25) is 5.91 Å². The first kappa shape index (κ1) is 14.8. The second-order valence-corrected chi connectivity index (χ2v) is 5.09. The monoisotopic (exact) mass is 296 g/mol. The minimum Gasteiger partial charge on any atom is -0.375 e. The van der Waals surface area contributed by atoms with Gasteiger partial charge in [-0.15, -0.1) is 0 Å². The standard InChI is InChI=1S/C14H17ClN2O3/c1-10-9-17(6-7-20-10)13(18)8-16-14(19)11-4-2-3-5-12(11)15/h2-5,10H,6-9H2,1H3,(H,16,19). The molecule has 1 atom stereocenters. The quantitative estimate of drug-likeness (QED) is 0.915. The van der Waals surface area contributed by atoms with Gasteiger partial charge in [-0.2, -0.15) is 0 Å². The number of halogens is 1. The number of hydrogen-bond acceptors (Lipinski definition) is 3. The molecule has 5 nitrogen and oxygen atoms in total. The molecule has 1 aliphatic rings. The molecular formula is C14H17ClN2O3. The molecular weight excluding hydrogens is 280 g/mol. The van der Waals surface area contributed by atoms with Gasteiger partial charge >= 0.3 is 0 Å². The van der Waals surface area contributed by atoms with E-state index in [1.165, 1.54) is 0 Å². The van der Waals surface area contributed by atoms with E-state index in [-0.39, 0.29) is 24.5 Å². The van der Waals surface area contributed by atoms with Crippen molar-refractivity contribution < 1.29 is 14.3 Å². The van der Waals surface area contributed by atoms with Crippen LogP contribution in [-0.4, -0.2) is 49.1 Å². The molecule has 2 rings (SSSR count). The van der Waals surface area contributed by atoms with Gasteiger partial charge in [0.15, 0.2) is 0 Å². The summed E-state index contributed by atoms with van der Waals surface area (Å²) in [7, 11) is 0. The van der Waals surface area contributed by atoms with E-state index in [0.29, 0.717) is 30.3 Å². The Kier molecular flexibility index (Phi) is 4.98. The fourth-order valence-corrected chi connectivity index (χ4v) is 2.27. The summed E-state index contributed by atoms with van der Waals surface area (Å²) >= 11 is 5.93. The van der Waals surface area contributed by atoms with E-state index >= 15 is 0 Å². The fourth-order valence-electron chi connectivity index (χ4n) is 2.05. The van der Waals surface area contributed by atoms with Crippen molar-refractivity contribution in [1.82, 2.24) is 10.2 Å². The largest absolute Gasteiger partial charge is 0.375 e. The number of rotatable bonds is 3. The van der Waals surface area contributed by atoms with Gasteiger partial charge in [0.1, 0.15) is 0 Å². The predicted octanol–water partition coefficient (Wildman–Crippen LogP) is 1.32.